The highest BCUT2D eigenvalue weighted by atomic mass is 32.1. The molecule has 0 aromatic rings. The van der Waals surface area contributed by atoms with Crippen LogP contribution in [-0.2, 0) is 11.3 Å². The summed E-state index contributed by atoms with van der Waals surface area (Å²) in [5.74, 6) is 0. The zero-order valence-electron chi connectivity index (χ0n) is 5.23. The van der Waals surface area contributed by atoms with Crippen molar-refractivity contribution in [1.29, 1.82) is 0 Å². The zero-order chi connectivity index (χ0) is 6.41. The van der Waals surface area contributed by atoms with Gasteiger partial charge in [-0.1, -0.05) is 13.3 Å². The van der Waals surface area contributed by atoms with E-state index in [0.29, 0.717) is 11.3 Å². The van der Waals surface area contributed by atoms with Crippen molar-refractivity contribution in [2.75, 3.05) is 7.05 Å². The molecule has 0 unspecified atom stereocenters. The molecular formula is C5H11NOS. The van der Waals surface area contributed by atoms with E-state index in [9.17, 15) is 4.21 Å². The maximum Gasteiger partial charge on any atom is 0.104 e. The number of rotatable bonds is 2. The second-order valence-electron chi connectivity index (χ2n) is 1.51. The lowest BCUT2D eigenvalue weighted by molar-refractivity contribution is 0.700. The highest BCUT2D eigenvalue weighted by Gasteiger charge is 1.88. The van der Waals surface area contributed by atoms with Crippen LogP contribution >= 0.6 is 0 Å². The van der Waals surface area contributed by atoms with Crippen LogP contribution in [0.25, 0.3) is 0 Å². The summed E-state index contributed by atoms with van der Waals surface area (Å²) in [5, 5.41) is 2.82. The highest BCUT2D eigenvalue weighted by molar-refractivity contribution is 7.66. The largest absolute Gasteiger partial charge is 0.284 e. The molecule has 0 spiro atoms. The van der Waals surface area contributed by atoms with Crippen molar-refractivity contribution in [3.8, 4) is 0 Å². The van der Waals surface area contributed by atoms with Crippen molar-refractivity contribution >= 4 is 16.2 Å². The zero-order valence-corrected chi connectivity index (χ0v) is 6.05. The standard InChI is InChI=1S/C5H11NOS/c1-3-4-5(6-2)8-7/h6H,3-4H2,1-2H3. The molecule has 0 bridgehead atoms. The van der Waals surface area contributed by atoms with E-state index in [4.69, 9.17) is 0 Å². The first-order chi connectivity index (χ1) is 3.85. The minimum atomic E-state index is 0.550. The van der Waals surface area contributed by atoms with E-state index in [1.165, 1.54) is 0 Å². The van der Waals surface area contributed by atoms with Crippen LogP contribution < -0.4 is 5.32 Å². The molecule has 0 radical (unpaired) electrons. The van der Waals surface area contributed by atoms with Crippen molar-refractivity contribution < 1.29 is 4.21 Å². The van der Waals surface area contributed by atoms with Crippen LogP contribution in [0.4, 0.5) is 0 Å². The molecule has 0 heterocycles. The van der Waals surface area contributed by atoms with Crippen LogP contribution in [0, 0.1) is 0 Å². The molecule has 48 valence electrons. The quantitative estimate of drug-likeness (QED) is 0.551. The Morgan fingerprint density at radius 2 is 2.38 bits per heavy atom. The third-order valence-corrected chi connectivity index (χ3v) is 1.47. The van der Waals surface area contributed by atoms with Crippen LogP contribution in [0.1, 0.15) is 19.8 Å². The third-order valence-electron chi connectivity index (χ3n) is 0.856. The monoisotopic (exact) mass is 133 g/mol. The molecule has 0 fully saturated rings. The molecule has 3 heteroatoms. The minimum absolute atomic E-state index is 0.550. The molecule has 0 atom stereocenters. The van der Waals surface area contributed by atoms with Crippen molar-refractivity contribution in [1.82, 2.24) is 5.32 Å². The summed E-state index contributed by atoms with van der Waals surface area (Å²) in [5.41, 5.74) is 0. The van der Waals surface area contributed by atoms with E-state index in [1.807, 2.05) is 6.92 Å². The number of hydrogen-bond acceptors (Lipinski definition) is 1. The first-order valence-electron chi connectivity index (χ1n) is 2.68. The van der Waals surface area contributed by atoms with Crippen LogP contribution in [0.3, 0.4) is 0 Å². The van der Waals surface area contributed by atoms with Crippen LogP contribution in [0.2, 0.25) is 0 Å². The van der Waals surface area contributed by atoms with Crippen LogP contribution in [0.15, 0.2) is 0 Å². The molecule has 8 heavy (non-hydrogen) atoms. The van der Waals surface area contributed by atoms with Crippen molar-refractivity contribution in [2.24, 2.45) is 0 Å². The Kier molecular flexibility index (Phi) is 4.90. The second-order valence-corrected chi connectivity index (χ2v) is 2.17. The van der Waals surface area contributed by atoms with Gasteiger partial charge in [0.05, 0.1) is 4.99 Å². The fourth-order valence-corrected chi connectivity index (χ4v) is 0.806. The fourth-order valence-electron chi connectivity index (χ4n) is 0.435. The Balaban J connectivity index is 3.55. The van der Waals surface area contributed by atoms with Gasteiger partial charge in [-0.15, -0.1) is 0 Å². The minimum Gasteiger partial charge on any atom is -0.284 e. The summed E-state index contributed by atoms with van der Waals surface area (Å²) in [6, 6.07) is 0. The van der Waals surface area contributed by atoms with Gasteiger partial charge in [-0.2, -0.15) is 0 Å². The average Bonchev–Trinajstić information content (AvgIpc) is 1.83. The highest BCUT2D eigenvalue weighted by Crippen LogP contribution is 1.83. The second kappa shape index (κ2) is 5.00. The van der Waals surface area contributed by atoms with Gasteiger partial charge in [0.1, 0.15) is 11.3 Å². The number of hydrogen-bond donors (Lipinski definition) is 1. The molecule has 0 rings (SSSR count). The predicted octanol–water partition coefficient (Wildman–Crippen LogP) is 0.349. The molecule has 0 saturated heterocycles. The molecule has 0 aliphatic carbocycles. The summed E-state index contributed by atoms with van der Waals surface area (Å²) in [6.07, 6.45) is 1.91. The Hall–Kier alpha value is -0.150. The van der Waals surface area contributed by atoms with Crippen molar-refractivity contribution in [3.05, 3.63) is 0 Å². The SMILES string of the molecule is CCCC(NC)=S=O. The molecular weight excluding hydrogens is 122 g/mol. The number of nitrogens with one attached hydrogen (secondary N) is 1. The first-order valence-corrected chi connectivity index (χ1v) is 3.42. The fraction of sp³-hybridized carbons (Fsp3) is 0.800. The molecule has 0 amide bonds. The van der Waals surface area contributed by atoms with E-state index >= 15 is 0 Å². The topological polar surface area (TPSA) is 29.1 Å². The summed E-state index contributed by atoms with van der Waals surface area (Å²) in [6.45, 7) is 2.05. The molecule has 0 aliphatic heterocycles. The lowest BCUT2D eigenvalue weighted by atomic mass is 10.3. The van der Waals surface area contributed by atoms with Gasteiger partial charge in [-0.25, -0.2) is 4.21 Å². The van der Waals surface area contributed by atoms with E-state index in [0.717, 1.165) is 17.8 Å². The van der Waals surface area contributed by atoms with Crippen molar-refractivity contribution in [2.45, 2.75) is 19.8 Å². The summed E-state index contributed by atoms with van der Waals surface area (Å²) in [7, 11) is 1.77. The molecule has 2 nitrogen and oxygen atoms in total. The first kappa shape index (κ1) is 7.85. The Morgan fingerprint density at radius 1 is 1.75 bits per heavy atom. The third kappa shape index (κ3) is 2.93. The molecule has 0 aromatic carbocycles. The molecule has 0 aromatic heterocycles. The molecule has 1 N–H and O–H groups in total. The molecule has 0 aliphatic rings. The van der Waals surface area contributed by atoms with Crippen molar-refractivity contribution in [3.63, 3.8) is 0 Å². The maximum atomic E-state index is 10.1. The van der Waals surface area contributed by atoms with Gasteiger partial charge >= 0.3 is 0 Å². The van der Waals surface area contributed by atoms with Gasteiger partial charge in [0.2, 0.25) is 0 Å². The van der Waals surface area contributed by atoms with Gasteiger partial charge in [-0.05, 0) is 13.5 Å². The van der Waals surface area contributed by atoms with Gasteiger partial charge in [-0.3, -0.25) is 5.32 Å². The summed E-state index contributed by atoms with van der Waals surface area (Å²) < 4.78 is 10.1. The van der Waals surface area contributed by atoms with Gasteiger partial charge < -0.3 is 0 Å². The van der Waals surface area contributed by atoms with E-state index in [-0.39, 0.29) is 0 Å². The smallest absolute Gasteiger partial charge is 0.104 e. The van der Waals surface area contributed by atoms with Gasteiger partial charge in [0, 0.05) is 0 Å². The predicted molar refractivity (Wildman–Crippen MR) is 37.1 cm³/mol. The van der Waals surface area contributed by atoms with Gasteiger partial charge in [0.15, 0.2) is 0 Å². The summed E-state index contributed by atoms with van der Waals surface area (Å²) in [4.78, 5) is 0.826. The van der Waals surface area contributed by atoms with E-state index in [1.54, 1.807) is 7.05 Å². The van der Waals surface area contributed by atoms with Crippen LogP contribution in [0.5, 0.6) is 0 Å². The summed E-state index contributed by atoms with van der Waals surface area (Å²) >= 11 is 0.550. The lowest BCUT2D eigenvalue weighted by Gasteiger charge is -1.93. The van der Waals surface area contributed by atoms with Crippen LogP contribution in [-0.4, -0.2) is 16.2 Å². The Morgan fingerprint density at radius 3 is 2.50 bits per heavy atom. The molecule has 0 saturated carbocycles. The normalized spacial score (nSPS) is 8.75. The Labute approximate surface area is 53.4 Å². The lowest BCUT2D eigenvalue weighted by Crippen LogP contribution is -2.16. The van der Waals surface area contributed by atoms with E-state index in [2.05, 4.69) is 5.32 Å². The van der Waals surface area contributed by atoms with Gasteiger partial charge in [0.25, 0.3) is 0 Å². The van der Waals surface area contributed by atoms with E-state index < -0.39 is 0 Å². The maximum absolute atomic E-state index is 10.1. The average molecular weight is 133 g/mol. The Bertz CT molecular complexity index is 107.